The average Bonchev–Trinajstić information content (AvgIpc) is 2.72. The lowest BCUT2D eigenvalue weighted by atomic mass is 10.1. The van der Waals surface area contributed by atoms with Gasteiger partial charge in [0.15, 0.2) is 0 Å². The second-order valence-electron chi connectivity index (χ2n) is 7.70. The Morgan fingerprint density at radius 3 is 2.32 bits per heavy atom. The predicted molar refractivity (Wildman–Crippen MR) is 115 cm³/mol. The normalized spacial score (nSPS) is 14.9. The molecule has 0 spiro atoms. The average molecular weight is 374 g/mol. The van der Waals surface area contributed by atoms with Crippen LogP contribution in [-0.2, 0) is 6.54 Å². The molecule has 4 rings (SSSR count). The van der Waals surface area contributed by atoms with Crippen LogP contribution < -0.4 is 14.5 Å². The molecule has 3 aromatic carbocycles. The maximum absolute atomic E-state index is 5.99. The number of piperazine rings is 1. The summed E-state index contributed by atoms with van der Waals surface area (Å²) in [5, 5.41) is 0. The van der Waals surface area contributed by atoms with Crippen LogP contribution in [0.5, 0.6) is 11.5 Å². The number of hydrogen-bond donors (Lipinski definition) is 1. The van der Waals surface area contributed by atoms with Gasteiger partial charge in [0, 0.05) is 11.3 Å². The van der Waals surface area contributed by atoms with E-state index in [-0.39, 0.29) is 0 Å². The highest BCUT2D eigenvalue weighted by atomic mass is 16.5. The van der Waals surface area contributed by atoms with Gasteiger partial charge in [0.2, 0.25) is 0 Å². The summed E-state index contributed by atoms with van der Waals surface area (Å²) in [5.74, 6) is 1.80. The summed E-state index contributed by atoms with van der Waals surface area (Å²) < 4.78 is 5.99. The predicted octanol–water partition coefficient (Wildman–Crippen LogP) is 4.00. The van der Waals surface area contributed by atoms with Gasteiger partial charge in [0.1, 0.15) is 18.0 Å². The lowest BCUT2D eigenvalue weighted by molar-refractivity contribution is -0.914. The van der Waals surface area contributed by atoms with Gasteiger partial charge in [-0.1, -0.05) is 42.5 Å². The van der Waals surface area contributed by atoms with Gasteiger partial charge < -0.3 is 14.5 Å². The maximum Gasteiger partial charge on any atom is 0.127 e. The van der Waals surface area contributed by atoms with Gasteiger partial charge in [-0.2, -0.15) is 0 Å². The molecule has 1 N–H and O–H groups in total. The van der Waals surface area contributed by atoms with Crippen LogP contribution in [0.25, 0.3) is 0 Å². The molecular formula is C25H29N2O+. The van der Waals surface area contributed by atoms with Gasteiger partial charge in [0.05, 0.1) is 26.2 Å². The number of hydrogen-bond acceptors (Lipinski definition) is 2. The fraction of sp³-hybridized carbons (Fsp3) is 0.280. The molecule has 0 bridgehead atoms. The van der Waals surface area contributed by atoms with E-state index < -0.39 is 0 Å². The van der Waals surface area contributed by atoms with Crippen molar-refractivity contribution in [2.45, 2.75) is 20.4 Å². The Kier molecular flexibility index (Phi) is 5.63. The molecule has 0 saturated carbocycles. The molecule has 0 aliphatic carbocycles. The van der Waals surface area contributed by atoms with Crippen LogP contribution >= 0.6 is 0 Å². The van der Waals surface area contributed by atoms with Crippen molar-refractivity contribution in [3.8, 4) is 11.5 Å². The topological polar surface area (TPSA) is 16.9 Å². The molecule has 1 fully saturated rings. The molecule has 3 heteroatoms. The van der Waals surface area contributed by atoms with E-state index in [1.807, 2.05) is 36.4 Å². The van der Waals surface area contributed by atoms with Gasteiger partial charge in [-0.05, 0) is 55.3 Å². The number of benzene rings is 3. The molecule has 0 radical (unpaired) electrons. The monoisotopic (exact) mass is 373 g/mol. The van der Waals surface area contributed by atoms with E-state index in [1.54, 1.807) is 4.90 Å². The fourth-order valence-corrected chi connectivity index (χ4v) is 3.95. The zero-order chi connectivity index (χ0) is 19.3. The fourth-order valence-electron chi connectivity index (χ4n) is 3.95. The molecule has 144 valence electrons. The first-order chi connectivity index (χ1) is 13.7. The van der Waals surface area contributed by atoms with Crippen LogP contribution in [0.15, 0.2) is 72.8 Å². The van der Waals surface area contributed by atoms with E-state index in [2.05, 4.69) is 55.1 Å². The summed E-state index contributed by atoms with van der Waals surface area (Å²) >= 11 is 0. The minimum atomic E-state index is 0.883. The van der Waals surface area contributed by atoms with Gasteiger partial charge in [-0.15, -0.1) is 0 Å². The standard InChI is InChI=1S/C25H28N2O/c1-20-8-6-13-25(21(20)2)27-16-14-26(15-17-27)19-22-9-7-12-24(18-22)28-23-10-4-3-5-11-23/h3-13,18H,14-17,19H2,1-2H3/p+1. The minimum Gasteiger partial charge on any atom is -0.457 e. The van der Waals surface area contributed by atoms with Crippen molar-refractivity contribution < 1.29 is 9.64 Å². The molecule has 1 heterocycles. The zero-order valence-corrected chi connectivity index (χ0v) is 16.8. The van der Waals surface area contributed by atoms with Crippen LogP contribution in [0.3, 0.4) is 0 Å². The summed E-state index contributed by atoms with van der Waals surface area (Å²) in [7, 11) is 0. The Morgan fingerprint density at radius 2 is 1.54 bits per heavy atom. The van der Waals surface area contributed by atoms with Gasteiger partial charge in [0.25, 0.3) is 0 Å². The third kappa shape index (κ3) is 4.37. The number of quaternary nitrogens is 1. The first-order valence-corrected chi connectivity index (χ1v) is 10.2. The third-order valence-electron chi connectivity index (χ3n) is 5.72. The summed E-state index contributed by atoms with van der Waals surface area (Å²) in [6.45, 7) is 10.0. The van der Waals surface area contributed by atoms with Crippen LogP contribution in [0.2, 0.25) is 0 Å². The van der Waals surface area contributed by atoms with E-state index in [9.17, 15) is 0 Å². The summed E-state index contributed by atoms with van der Waals surface area (Å²) in [6.07, 6.45) is 0. The lowest BCUT2D eigenvalue weighted by Gasteiger charge is -2.34. The van der Waals surface area contributed by atoms with Crippen molar-refractivity contribution in [2.75, 3.05) is 31.1 Å². The molecule has 1 saturated heterocycles. The van der Waals surface area contributed by atoms with E-state index in [1.165, 1.54) is 22.4 Å². The highest BCUT2D eigenvalue weighted by molar-refractivity contribution is 5.56. The molecule has 0 atom stereocenters. The molecule has 28 heavy (non-hydrogen) atoms. The lowest BCUT2D eigenvalue weighted by Crippen LogP contribution is -3.13. The molecule has 0 aromatic heterocycles. The summed E-state index contributed by atoms with van der Waals surface area (Å²) in [5.41, 5.74) is 5.53. The molecule has 0 unspecified atom stereocenters. The third-order valence-corrected chi connectivity index (χ3v) is 5.72. The number of nitrogens with one attached hydrogen (secondary N) is 1. The Balaban J connectivity index is 1.36. The van der Waals surface area contributed by atoms with E-state index in [0.717, 1.165) is 44.2 Å². The van der Waals surface area contributed by atoms with Gasteiger partial charge in [-0.25, -0.2) is 0 Å². The number of para-hydroxylation sites is 1. The van der Waals surface area contributed by atoms with E-state index in [4.69, 9.17) is 4.74 Å². The molecule has 3 aromatic rings. The molecule has 0 amide bonds. The minimum absolute atomic E-state index is 0.883. The second kappa shape index (κ2) is 8.49. The van der Waals surface area contributed by atoms with Gasteiger partial charge in [-0.3, -0.25) is 0 Å². The largest absolute Gasteiger partial charge is 0.457 e. The van der Waals surface area contributed by atoms with E-state index in [0.29, 0.717) is 0 Å². The highest BCUT2D eigenvalue weighted by Gasteiger charge is 2.21. The zero-order valence-electron chi connectivity index (χ0n) is 16.8. The summed E-state index contributed by atoms with van der Waals surface area (Å²) in [6, 6.07) is 25.1. The maximum atomic E-state index is 5.99. The van der Waals surface area contributed by atoms with Crippen molar-refractivity contribution in [2.24, 2.45) is 0 Å². The number of anilines is 1. The van der Waals surface area contributed by atoms with Crippen LogP contribution in [0, 0.1) is 13.8 Å². The SMILES string of the molecule is Cc1cccc(N2CC[NH+](Cc3cccc(Oc4ccccc4)c3)CC2)c1C. The summed E-state index contributed by atoms with van der Waals surface area (Å²) in [4.78, 5) is 4.18. The number of rotatable bonds is 5. The van der Waals surface area contributed by atoms with Crippen molar-refractivity contribution in [1.29, 1.82) is 0 Å². The number of ether oxygens (including phenoxy) is 1. The van der Waals surface area contributed by atoms with Crippen molar-refractivity contribution >= 4 is 5.69 Å². The molecule has 1 aliphatic rings. The first kappa shape index (κ1) is 18.6. The Morgan fingerprint density at radius 1 is 0.821 bits per heavy atom. The van der Waals surface area contributed by atoms with Crippen LogP contribution in [-0.4, -0.2) is 26.2 Å². The number of nitrogens with zero attached hydrogens (tertiary/aromatic N) is 1. The smallest absolute Gasteiger partial charge is 0.127 e. The van der Waals surface area contributed by atoms with Crippen molar-refractivity contribution in [3.05, 3.63) is 89.5 Å². The highest BCUT2D eigenvalue weighted by Crippen LogP contribution is 2.23. The van der Waals surface area contributed by atoms with Crippen molar-refractivity contribution in [3.63, 3.8) is 0 Å². The van der Waals surface area contributed by atoms with Crippen LogP contribution in [0.4, 0.5) is 5.69 Å². The quantitative estimate of drug-likeness (QED) is 0.728. The number of aryl methyl sites for hydroxylation is 1. The van der Waals surface area contributed by atoms with E-state index >= 15 is 0 Å². The van der Waals surface area contributed by atoms with Crippen molar-refractivity contribution in [1.82, 2.24) is 0 Å². The Labute approximate surface area is 168 Å². The molecule has 1 aliphatic heterocycles. The van der Waals surface area contributed by atoms with Gasteiger partial charge >= 0.3 is 0 Å². The Bertz CT molecular complexity index is 915. The molecular weight excluding hydrogens is 344 g/mol. The first-order valence-electron chi connectivity index (χ1n) is 10.2. The molecule has 3 nitrogen and oxygen atoms in total. The Hall–Kier alpha value is -2.78. The second-order valence-corrected chi connectivity index (χ2v) is 7.70. The van der Waals surface area contributed by atoms with Crippen LogP contribution in [0.1, 0.15) is 16.7 Å².